The van der Waals surface area contributed by atoms with Gasteiger partial charge in [0.05, 0.1) is 12.6 Å². The molecule has 2 rings (SSSR count). The highest BCUT2D eigenvalue weighted by Gasteiger charge is 2.22. The predicted molar refractivity (Wildman–Crippen MR) is 72.8 cm³/mol. The molecule has 0 aromatic heterocycles. The van der Waals surface area contributed by atoms with E-state index in [0.29, 0.717) is 6.04 Å². The number of ether oxygens (including phenoxy) is 1. The van der Waals surface area contributed by atoms with Crippen LogP contribution in [-0.2, 0) is 4.74 Å². The maximum atomic E-state index is 7.62. The molecule has 0 amide bonds. The maximum Gasteiger partial charge on any atom is 0.124 e. The lowest BCUT2D eigenvalue weighted by Gasteiger charge is -2.27. The van der Waals surface area contributed by atoms with Crippen molar-refractivity contribution in [3.8, 4) is 0 Å². The summed E-state index contributed by atoms with van der Waals surface area (Å²) in [7, 11) is 2.02. The van der Waals surface area contributed by atoms with Crippen LogP contribution in [0.25, 0.3) is 0 Å². The average molecular weight is 298 g/mol. The fraction of sp³-hybridized carbons (Fsp3) is 0.417. The van der Waals surface area contributed by atoms with Gasteiger partial charge in [0.25, 0.3) is 0 Å². The van der Waals surface area contributed by atoms with Crippen LogP contribution in [-0.4, -0.2) is 32.1 Å². The zero-order valence-corrected chi connectivity index (χ0v) is 11.3. The van der Waals surface area contributed by atoms with Crippen molar-refractivity contribution in [2.24, 2.45) is 5.73 Å². The molecule has 1 saturated heterocycles. The molecule has 0 radical (unpaired) electrons. The fourth-order valence-corrected chi connectivity index (χ4v) is 2.40. The summed E-state index contributed by atoms with van der Waals surface area (Å²) in [5.41, 5.74) is 7.35. The van der Waals surface area contributed by atoms with Gasteiger partial charge in [-0.05, 0) is 24.6 Å². The summed E-state index contributed by atoms with van der Waals surface area (Å²) >= 11 is 3.45. The number of nitrogens with zero attached hydrogens (tertiary/aromatic N) is 1. The van der Waals surface area contributed by atoms with Gasteiger partial charge < -0.3 is 15.4 Å². The van der Waals surface area contributed by atoms with E-state index in [9.17, 15) is 0 Å². The number of likely N-dealkylation sites (N-methyl/N-ethyl adjacent to an activating group) is 1. The second-order valence-electron chi connectivity index (χ2n) is 4.20. The van der Waals surface area contributed by atoms with Crippen LogP contribution in [0.5, 0.6) is 0 Å². The van der Waals surface area contributed by atoms with Crippen molar-refractivity contribution >= 4 is 27.5 Å². The topological polar surface area (TPSA) is 62.3 Å². The number of amidine groups is 1. The van der Waals surface area contributed by atoms with E-state index >= 15 is 0 Å². The Morgan fingerprint density at radius 1 is 1.59 bits per heavy atom. The first-order chi connectivity index (χ1) is 8.09. The third kappa shape index (κ3) is 2.61. The molecular formula is C12H16BrN3O. The molecule has 1 fully saturated rings. The quantitative estimate of drug-likeness (QED) is 0.662. The molecule has 4 nitrogen and oxygen atoms in total. The van der Waals surface area contributed by atoms with Crippen LogP contribution < -0.4 is 10.6 Å². The van der Waals surface area contributed by atoms with Crippen LogP contribution in [0.15, 0.2) is 22.7 Å². The first kappa shape index (κ1) is 12.4. The predicted octanol–water partition coefficient (Wildman–Crippen LogP) is 1.96. The van der Waals surface area contributed by atoms with E-state index in [4.69, 9.17) is 15.9 Å². The number of nitrogens with one attached hydrogen (secondary N) is 1. The molecule has 0 bridgehead atoms. The van der Waals surface area contributed by atoms with Crippen molar-refractivity contribution in [2.45, 2.75) is 12.5 Å². The second-order valence-corrected chi connectivity index (χ2v) is 5.12. The summed E-state index contributed by atoms with van der Waals surface area (Å²) in [5, 5.41) is 7.62. The molecule has 3 N–H and O–H groups in total. The molecule has 0 saturated carbocycles. The summed E-state index contributed by atoms with van der Waals surface area (Å²) in [5.74, 6) is 0.0956. The number of hydrogen-bond donors (Lipinski definition) is 2. The smallest absolute Gasteiger partial charge is 0.124 e. The van der Waals surface area contributed by atoms with Crippen LogP contribution in [0.4, 0.5) is 5.69 Å². The van der Waals surface area contributed by atoms with E-state index < -0.39 is 0 Å². The Kier molecular flexibility index (Phi) is 3.69. The van der Waals surface area contributed by atoms with Crippen molar-refractivity contribution in [3.05, 3.63) is 28.2 Å². The van der Waals surface area contributed by atoms with Crippen LogP contribution in [0, 0.1) is 5.41 Å². The summed E-state index contributed by atoms with van der Waals surface area (Å²) in [6.45, 7) is 1.54. The SMILES string of the molecule is CN(c1cc(Br)ccc1C(=N)N)C1CCOC1. The molecule has 0 aliphatic carbocycles. The van der Waals surface area contributed by atoms with E-state index in [0.717, 1.165) is 35.4 Å². The summed E-state index contributed by atoms with van der Waals surface area (Å²) < 4.78 is 6.38. The molecule has 1 atom stereocenters. The number of nitrogens with two attached hydrogens (primary N) is 1. The van der Waals surface area contributed by atoms with Crippen molar-refractivity contribution in [2.75, 3.05) is 25.2 Å². The molecule has 1 heterocycles. The number of benzene rings is 1. The highest BCUT2D eigenvalue weighted by atomic mass is 79.9. The van der Waals surface area contributed by atoms with Crippen LogP contribution in [0.2, 0.25) is 0 Å². The van der Waals surface area contributed by atoms with Gasteiger partial charge in [-0.25, -0.2) is 0 Å². The van der Waals surface area contributed by atoms with Gasteiger partial charge in [0.15, 0.2) is 0 Å². The fourth-order valence-electron chi connectivity index (χ4n) is 2.05. The number of rotatable bonds is 3. The van der Waals surface area contributed by atoms with Gasteiger partial charge in [0.2, 0.25) is 0 Å². The van der Waals surface area contributed by atoms with E-state index in [-0.39, 0.29) is 5.84 Å². The lowest BCUT2D eigenvalue weighted by Crippen LogP contribution is -2.33. The van der Waals surface area contributed by atoms with E-state index in [2.05, 4.69) is 20.8 Å². The lowest BCUT2D eigenvalue weighted by molar-refractivity contribution is 0.193. The molecule has 1 aliphatic heterocycles. The molecule has 1 aromatic carbocycles. The third-order valence-electron chi connectivity index (χ3n) is 3.08. The molecule has 0 spiro atoms. The number of halogens is 1. The Morgan fingerprint density at radius 2 is 2.35 bits per heavy atom. The van der Waals surface area contributed by atoms with Crippen LogP contribution >= 0.6 is 15.9 Å². The van der Waals surface area contributed by atoms with Gasteiger partial charge in [-0.3, -0.25) is 5.41 Å². The first-order valence-electron chi connectivity index (χ1n) is 5.54. The molecular weight excluding hydrogens is 282 g/mol. The van der Waals surface area contributed by atoms with Gasteiger partial charge in [0, 0.05) is 29.4 Å². The monoisotopic (exact) mass is 297 g/mol. The number of anilines is 1. The Balaban J connectivity index is 2.34. The van der Waals surface area contributed by atoms with Crippen molar-refractivity contribution < 1.29 is 4.74 Å². The molecule has 1 aliphatic rings. The Morgan fingerprint density at radius 3 is 2.94 bits per heavy atom. The molecule has 1 aromatic rings. The minimum Gasteiger partial charge on any atom is -0.384 e. The van der Waals surface area contributed by atoms with Gasteiger partial charge >= 0.3 is 0 Å². The molecule has 92 valence electrons. The minimum atomic E-state index is 0.0956. The van der Waals surface area contributed by atoms with Crippen LogP contribution in [0.3, 0.4) is 0 Å². The first-order valence-corrected chi connectivity index (χ1v) is 6.33. The Labute approximate surface area is 109 Å². The highest BCUT2D eigenvalue weighted by Crippen LogP contribution is 2.27. The zero-order valence-electron chi connectivity index (χ0n) is 9.74. The van der Waals surface area contributed by atoms with Crippen molar-refractivity contribution in [1.29, 1.82) is 5.41 Å². The Hall–Kier alpha value is -1.07. The molecule has 17 heavy (non-hydrogen) atoms. The normalized spacial score (nSPS) is 19.3. The largest absolute Gasteiger partial charge is 0.384 e. The highest BCUT2D eigenvalue weighted by molar-refractivity contribution is 9.10. The summed E-state index contributed by atoms with van der Waals surface area (Å²) in [6, 6.07) is 6.13. The molecule has 5 heteroatoms. The van der Waals surface area contributed by atoms with E-state index in [1.807, 2.05) is 25.2 Å². The van der Waals surface area contributed by atoms with Gasteiger partial charge in [-0.1, -0.05) is 15.9 Å². The molecule has 1 unspecified atom stereocenters. The van der Waals surface area contributed by atoms with E-state index in [1.54, 1.807) is 0 Å². The number of hydrogen-bond acceptors (Lipinski definition) is 3. The summed E-state index contributed by atoms with van der Waals surface area (Å²) in [4.78, 5) is 2.15. The lowest BCUT2D eigenvalue weighted by atomic mass is 10.1. The third-order valence-corrected chi connectivity index (χ3v) is 3.58. The zero-order chi connectivity index (χ0) is 12.4. The van der Waals surface area contributed by atoms with Gasteiger partial charge in [-0.15, -0.1) is 0 Å². The Bertz CT molecular complexity index is 430. The number of nitrogen functional groups attached to an aromatic ring is 1. The minimum absolute atomic E-state index is 0.0956. The van der Waals surface area contributed by atoms with Crippen LogP contribution in [0.1, 0.15) is 12.0 Å². The van der Waals surface area contributed by atoms with E-state index in [1.165, 1.54) is 0 Å². The van der Waals surface area contributed by atoms with Gasteiger partial charge in [0.1, 0.15) is 5.84 Å². The maximum absolute atomic E-state index is 7.62. The summed E-state index contributed by atoms with van der Waals surface area (Å²) in [6.07, 6.45) is 1.01. The average Bonchev–Trinajstić information content (AvgIpc) is 2.80. The van der Waals surface area contributed by atoms with Crippen molar-refractivity contribution in [1.82, 2.24) is 0 Å². The van der Waals surface area contributed by atoms with Crippen molar-refractivity contribution in [3.63, 3.8) is 0 Å². The second kappa shape index (κ2) is 5.06. The van der Waals surface area contributed by atoms with Gasteiger partial charge in [-0.2, -0.15) is 0 Å². The standard InChI is InChI=1S/C12H16BrN3O/c1-16(9-4-5-17-7-9)11-6-8(13)2-3-10(11)12(14)15/h2-3,6,9H,4-5,7H2,1H3,(H3,14,15).